The molecular weight excluding hydrogens is 244 g/mol. The molecule has 106 valence electrons. The Bertz CT molecular complexity index is 396. The number of hydrogen-bond acceptors (Lipinski definition) is 3. The van der Waals surface area contributed by atoms with Crippen molar-refractivity contribution in [2.24, 2.45) is 0 Å². The van der Waals surface area contributed by atoms with E-state index in [-0.39, 0.29) is 18.7 Å². The van der Waals surface area contributed by atoms with Gasteiger partial charge < -0.3 is 20.5 Å². The van der Waals surface area contributed by atoms with E-state index in [1.165, 1.54) is 0 Å². The molecule has 5 nitrogen and oxygen atoms in total. The normalized spacial score (nSPS) is 11.7. The van der Waals surface area contributed by atoms with Crippen molar-refractivity contribution < 1.29 is 14.6 Å². The molecule has 0 bridgehead atoms. The van der Waals surface area contributed by atoms with Gasteiger partial charge in [0.2, 0.25) is 0 Å². The Morgan fingerprint density at radius 1 is 1.47 bits per heavy atom. The minimum atomic E-state index is -0.205. The van der Waals surface area contributed by atoms with Gasteiger partial charge in [-0.3, -0.25) is 0 Å². The lowest BCUT2D eigenvalue weighted by atomic mass is 10.1. The molecule has 1 aromatic carbocycles. The van der Waals surface area contributed by atoms with Crippen LogP contribution in [0.2, 0.25) is 0 Å². The van der Waals surface area contributed by atoms with Gasteiger partial charge in [0.05, 0.1) is 7.11 Å². The van der Waals surface area contributed by atoms with Crippen molar-refractivity contribution >= 4 is 6.03 Å². The SMILES string of the molecule is COc1cccc(CCNC(=O)N[C@H](C)CCO)c1. The third kappa shape index (κ3) is 6.10. The predicted octanol–water partition coefficient (Wildman–Crippen LogP) is 1.31. The quantitative estimate of drug-likeness (QED) is 0.697. The van der Waals surface area contributed by atoms with Crippen molar-refractivity contribution in [2.75, 3.05) is 20.3 Å². The topological polar surface area (TPSA) is 70.6 Å². The second kappa shape index (κ2) is 8.37. The molecule has 0 aliphatic rings. The number of aliphatic hydroxyl groups excluding tert-OH is 1. The molecule has 0 aromatic heterocycles. The van der Waals surface area contributed by atoms with Crippen LogP contribution in [0.1, 0.15) is 18.9 Å². The van der Waals surface area contributed by atoms with Crippen molar-refractivity contribution in [3.63, 3.8) is 0 Å². The summed E-state index contributed by atoms with van der Waals surface area (Å²) in [6.45, 7) is 2.49. The summed E-state index contributed by atoms with van der Waals surface area (Å²) in [6, 6.07) is 7.54. The lowest BCUT2D eigenvalue weighted by molar-refractivity contribution is 0.231. The number of urea groups is 1. The van der Waals surface area contributed by atoms with Crippen LogP contribution in [0.25, 0.3) is 0 Å². The van der Waals surface area contributed by atoms with Crippen LogP contribution >= 0.6 is 0 Å². The van der Waals surface area contributed by atoms with E-state index in [2.05, 4.69) is 10.6 Å². The maximum absolute atomic E-state index is 11.5. The van der Waals surface area contributed by atoms with Crippen molar-refractivity contribution in [2.45, 2.75) is 25.8 Å². The van der Waals surface area contributed by atoms with Crippen LogP contribution < -0.4 is 15.4 Å². The monoisotopic (exact) mass is 266 g/mol. The van der Waals surface area contributed by atoms with Crippen LogP contribution in [0, 0.1) is 0 Å². The summed E-state index contributed by atoms with van der Waals surface area (Å²) in [4.78, 5) is 11.5. The van der Waals surface area contributed by atoms with E-state index >= 15 is 0 Å². The Balaban J connectivity index is 2.27. The number of rotatable bonds is 7. The molecule has 0 saturated heterocycles. The van der Waals surface area contributed by atoms with Gasteiger partial charge in [-0.25, -0.2) is 4.79 Å². The zero-order chi connectivity index (χ0) is 14.1. The fourth-order valence-electron chi connectivity index (χ4n) is 1.69. The van der Waals surface area contributed by atoms with Crippen LogP contribution in [0.5, 0.6) is 5.75 Å². The van der Waals surface area contributed by atoms with Crippen LogP contribution in [0.15, 0.2) is 24.3 Å². The highest BCUT2D eigenvalue weighted by Gasteiger charge is 2.05. The first kappa shape index (κ1) is 15.3. The van der Waals surface area contributed by atoms with Crippen molar-refractivity contribution in [3.05, 3.63) is 29.8 Å². The summed E-state index contributed by atoms with van der Waals surface area (Å²) in [6.07, 6.45) is 1.31. The molecule has 0 unspecified atom stereocenters. The van der Waals surface area contributed by atoms with Crippen LogP contribution in [-0.2, 0) is 6.42 Å². The summed E-state index contributed by atoms with van der Waals surface area (Å²) in [7, 11) is 1.63. The Morgan fingerprint density at radius 2 is 2.26 bits per heavy atom. The molecular formula is C14H22N2O3. The number of benzene rings is 1. The Hall–Kier alpha value is -1.75. The molecule has 3 N–H and O–H groups in total. The second-order valence-corrected chi connectivity index (χ2v) is 4.42. The minimum absolute atomic E-state index is 0.0261. The molecule has 0 spiro atoms. The number of ether oxygens (including phenoxy) is 1. The highest BCUT2D eigenvalue weighted by molar-refractivity contribution is 5.74. The Morgan fingerprint density at radius 3 is 2.95 bits per heavy atom. The standard InChI is InChI=1S/C14H22N2O3/c1-11(7-9-17)16-14(18)15-8-6-12-4-3-5-13(10-12)19-2/h3-5,10-11,17H,6-9H2,1-2H3,(H2,15,16,18)/t11-/m1/s1. The summed E-state index contributed by atoms with van der Waals surface area (Å²) >= 11 is 0. The van der Waals surface area contributed by atoms with E-state index in [1.54, 1.807) is 7.11 Å². The van der Waals surface area contributed by atoms with Gasteiger partial charge in [0.15, 0.2) is 0 Å². The molecule has 0 saturated carbocycles. The van der Waals surface area contributed by atoms with Crippen LogP contribution in [-0.4, -0.2) is 37.4 Å². The first-order valence-electron chi connectivity index (χ1n) is 6.44. The first-order chi connectivity index (χ1) is 9.15. The van der Waals surface area contributed by atoms with Gasteiger partial charge in [-0.1, -0.05) is 12.1 Å². The minimum Gasteiger partial charge on any atom is -0.497 e. The summed E-state index contributed by atoms with van der Waals surface area (Å²) in [5, 5.41) is 14.3. The van der Waals surface area contributed by atoms with Gasteiger partial charge in [-0.05, 0) is 37.5 Å². The number of aliphatic hydroxyl groups is 1. The zero-order valence-corrected chi connectivity index (χ0v) is 11.5. The molecule has 0 heterocycles. The summed E-state index contributed by atoms with van der Waals surface area (Å²) in [5.41, 5.74) is 1.11. The first-order valence-corrected chi connectivity index (χ1v) is 6.44. The Kier molecular flexibility index (Phi) is 6.74. The van der Waals surface area contributed by atoms with Gasteiger partial charge in [0, 0.05) is 19.2 Å². The lowest BCUT2D eigenvalue weighted by Crippen LogP contribution is -2.41. The van der Waals surface area contributed by atoms with Crippen LogP contribution in [0.3, 0.4) is 0 Å². The maximum atomic E-state index is 11.5. The fourth-order valence-corrected chi connectivity index (χ4v) is 1.69. The lowest BCUT2D eigenvalue weighted by Gasteiger charge is -2.13. The maximum Gasteiger partial charge on any atom is 0.315 e. The third-order valence-corrected chi connectivity index (χ3v) is 2.77. The largest absolute Gasteiger partial charge is 0.497 e. The zero-order valence-electron chi connectivity index (χ0n) is 11.5. The molecule has 5 heteroatoms. The molecule has 19 heavy (non-hydrogen) atoms. The number of nitrogens with one attached hydrogen (secondary N) is 2. The molecule has 1 atom stereocenters. The van der Waals surface area contributed by atoms with Gasteiger partial charge in [-0.2, -0.15) is 0 Å². The molecule has 0 aliphatic carbocycles. The van der Waals surface area contributed by atoms with E-state index in [9.17, 15) is 4.79 Å². The molecule has 1 rings (SSSR count). The van der Waals surface area contributed by atoms with Gasteiger partial charge in [0.25, 0.3) is 0 Å². The van der Waals surface area contributed by atoms with Gasteiger partial charge in [0.1, 0.15) is 5.75 Å². The van der Waals surface area contributed by atoms with E-state index in [0.29, 0.717) is 13.0 Å². The van der Waals surface area contributed by atoms with E-state index < -0.39 is 0 Å². The number of hydrogen-bond donors (Lipinski definition) is 3. The van der Waals surface area contributed by atoms with Gasteiger partial charge >= 0.3 is 6.03 Å². The van der Waals surface area contributed by atoms with Gasteiger partial charge in [-0.15, -0.1) is 0 Å². The van der Waals surface area contributed by atoms with E-state index in [0.717, 1.165) is 17.7 Å². The second-order valence-electron chi connectivity index (χ2n) is 4.42. The van der Waals surface area contributed by atoms with Crippen molar-refractivity contribution in [3.8, 4) is 5.75 Å². The average molecular weight is 266 g/mol. The number of carbonyl (C=O) groups excluding carboxylic acids is 1. The number of amides is 2. The molecule has 0 fully saturated rings. The molecule has 0 radical (unpaired) electrons. The molecule has 0 aliphatic heterocycles. The molecule has 2 amide bonds. The van der Waals surface area contributed by atoms with E-state index in [4.69, 9.17) is 9.84 Å². The van der Waals surface area contributed by atoms with E-state index in [1.807, 2.05) is 31.2 Å². The molecule has 1 aromatic rings. The predicted molar refractivity (Wildman–Crippen MR) is 74.4 cm³/mol. The van der Waals surface area contributed by atoms with Crippen LogP contribution in [0.4, 0.5) is 4.79 Å². The Labute approximate surface area is 114 Å². The summed E-state index contributed by atoms with van der Waals surface area (Å²) < 4.78 is 5.14. The highest BCUT2D eigenvalue weighted by atomic mass is 16.5. The number of carbonyl (C=O) groups is 1. The third-order valence-electron chi connectivity index (χ3n) is 2.77. The van der Waals surface area contributed by atoms with Crippen molar-refractivity contribution in [1.82, 2.24) is 10.6 Å². The highest BCUT2D eigenvalue weighted by Crippen LogP contribution is 2.12. The fraction of sp³-hybridized carbons (Fsp3) is 0.500. The van der Waals surface area contributed by atoms with Crippen molar-refractivity contribution in [1.29, 1.82) is 0 Å². The summed E-state index contributed by atoms with van der Waals surface area (Å²) in [5.74, 6) is 0.818. The number of methoxy groups -OCH3 is 1. The average Bonchev–Trinajstić information content (AvgIpc) is 2.39. The smallest absolute Gasteiger partial charge is 0.315 e.